The van der Waals surface area contributed by atoms with Crippen molar-refractivity contribution in [1.29, 1.82) is 0 Å². The van der Waals surface area contributed by atoms with Crippen LogP contribution in [0.3, 0.4) is 0 Å². The molecule has 13 unspecified atom stereocenters. The molecule has 0 aromatic heterocycles. The molecule has 13 atom stereocenters. The highest BCUT2D eigenvalue weighted by Crippen LogP contribution is 2.64. The van der Waals surface area contributed by atoms with Crippen molar-refractivity contribution >= 4 is 42.2 Å². The number of halogens is 9. The molecule has 1 heterocycles. The monoisotopic (exact) mass is 1070 g/mol. The number of carbonyl (C=O) groups excluding carboxylic acids is 6. The van der Waals surface area contributed by atoms with E-state index in [4.69, 9.17) is 23.7 Å². The molecule has 24 heteroatoms. The van der Waals surface area contributed by atoms with Crippen molar-refractivity contribution in [2.75, 3.05) is 0 Å². The van der Waals surface area contributed by atoms with Crippen LogP contribution in [0.5, 0.6) is 0 Å². The van der Waals surface area contributed by atoms with Gasteiger partial charge in [-0.2, -0.15) is 39.5 Å². The minimum absolute atomic E-state index is 0.169. The number of alkyl halides is 9. The molecule has 2 bridgehead atoms. The molecule has 0 radical (unpaired) electrons. The van der Waals surface area contributed by atoms with Gasteiger partial charge in [-0.1, -0.05) is 13.8 Å². The lowest BCUT2D eigenvalue weighted by atomic mass is 9.59. The van der Waals surface area contributed by atoms with E-state index in [1.165, 1.54) is 27.7 Å². The first-order chi connectivity index (χ1) is 32.8. The Labute approximate surface area is 417 Å². The minimum Gasteiger partial charge on any atom is -0.481 e. The van der Waals surface area contributed by atoms with Gasteiger partial charge in [-0.3, -0.25) is 24.0 Å². The topological polar surface area (TPSA) is 204 Å². The number of ether oxygens (including phenoxy) is 7. The summed E-state index contributed by atoms with van der Waals surface area (Å²) in [5.74, 6) is -18.0. The Morgan fingerprint density at radius 3 is 1.63 bits per heavy atom. The Balaban J connectivity index is 1.87. The van der Waals surface area contributed by atoms with Crippen LogP contribution >= 0.6 is 0 Å². The van der Waals surface area contributed by atoms with Crippen molar-refractivity contribution < 1.29 is 111 Å². The SMILES string of the molecule is CCC(C)(C(=O)OC1CC(C(C)(OC(=O)OC(C)(C)C)C(F)(F)F)CC(C(OC(=O)OC(C)(C)C)(C(F)(F)F)C(F)(F)F)C1)C1C(=O)OC(=O)C1C1C2CC(C(=O)OC(C)(C)C)C(C2)C1CC(C)CCC(=O)O. The van der Waals surface area contributed by atoms with Gasteiger partial charge >= 0.3 is 66.3 Å². The molecule has 0 aromatic rings. The highest BCUT2D eigenvalue weighted by Gasteiger charge is 2.79. The second-order valence-electron chi connectivity index (χ2n) is 23.7. The first-order valence-corrected chi connectivity index (χ1v) is 24.3. The standard InChI is InChI=1S/C49H69F9O15/c1-14-44(12,34-33(36(62)68-37(34)63)32-24-18-28(29(32)17-23(2)15-16-31(59)60)30(19-24)35(61)69-41(3,4)5)38(64)67-27-21-25(45(13,47(50,51)52)72-39(65)70-42(6,7)8)20-26(22-27)46(48(53,54)55,49(56,57)58)73-40(66)71-43(9,10)11/h23-30,32-34H,14-22H2,1-13H3,(H,59,60). The van der Waals surface area contributed by atoms with Gasteiger partial charge in [0, 0.05) is 18.3 Å². The van der Waals surface area contributed by atoms with E-state index in [-0.39, 0.29) is 38.5 Å². The zero-order chi connectivity index (χ0) is 56.2. The molecule has 4 aliphatic rings. The van der Waals surface area contributed by atoms with Crippen LogP contribution in [0.1, 0.15) is 148 Å². The molecule has 1 aliphatic heterocycles. The maximum absolute atomic E-state index is 15.4. The number of fused-ring (bicyclic) bond motifs is 2. The maximum atomic E-state index is 15.4. The summed E-state index contributed by atoms with van der Waals surface area (Å²) in [5, 5.41) is 9.42. The van der Waals surface area contributed by atoms with Crippen LogP contribution in [0.25, 0.3) is 0 Å². The number of aliphatic carboxylic acids is 1. The lowest BCUT2D eigenvalue weighted by molar-refractivity contribution is -0.392. The Bertz CT molecular complexity index is 2070. The third-order valence-corrected chi connectivity index (χ3v) is 14.9. The third-order valence-electron chi connectivity index (χ3n) is 14.9. The second kappa shape index (κ2) is 20.9. The Kier molecular flexibility index (Phi) is 17.5. The minimum atomic E-state index is -6.66. The fourth-order valence-electron chi connectivity index (χ4n) is 11.5. The van der Waals surface area contributed by atoms with Gasteiger partial charge < -0.3 is 38.3 Å². The van der Waals surface area contributed by atoms with E-state index in [0.717, 1.165) is 27.7 Å². The number of hydrogen-bond donors (Lipinski definition) is 1. The predicted octanol–water partition coefficient (Wildman–Crippen LogP) is 11.3. The molecule has 15 nitrogen and oxygen atoms in total. The molecular formula is C49H69F9O15. The summed E-state index contributed by atoms with van der Waals surface area (Å²) >= 11 is 0. The van der Waals surface area contributed by atoms with Gasteiger partial charge in [0.2, 0.25) is 5.60 Å². The largest absolute Gasteiger partial charge is 0.510 e. The van der Waals surface area contributed by atoms with Gasteiger partial charge in [0.15, 0.2) is 0 Å². The lowest BCUT2D eigenvalue weighted by Crippen LogP contribution is -2.67. The van der Waals surface area contributed by atoms with Crippen molar-refractivity contribution in [3.05, 3.63) is 0 Å². The molecule has 0 aromatic carbocycles. The van der Waals surface area contributed by atoms with Crippen molar-refractivity contribution in [3.8, 4) is 0 Å². The van der Waals surface area contributed by atoms with E-state index >= 15 is 39.5 Å². The average Bonchev–Trinajstić information content (AvgIpc) is 3.85. The summed E-state index contributed by atoms with van der Waals surface area (Å²) < 4.78 is 173. The number of carboxylic acids is 1. The lowest BCUT2D eigenvalue weighted by Gasteiger charge is -2.49. The summed E-state index contributed by atoms with van der Waals surface area (Å²) in [5.41, 5.74) is -16.1. The van der Waals surface area contributed by atoms with Crippen molar-refractivity contribution in [2.45, 2.75) is 200 Å². The van der Waals surface area contributed by atoms with Crippen LogP contribution in [-0.4, -0.2) is 99.9 Å². The van der Waals surface area contributed by atoms with E-state index in [1.807, 2.05) is 0 Å². The Morgan fingerprint density at radius 1 is 0.658 bits per heavy atom. The number of hydrogen-bond acceptors (Lipinski definition) is 14. The number of carbonyl (C=O) groups is 7. The number of cyclic esters (lactones) is 2. The molecule has 3 aliphatic carbocycles. The fourth-order valence-corrected chi connectivity index (χ4v) is 11.5. The maximum Gasteiger partial charge on any atom is 0.510 e. The predicted molar refractivity (Wildman–Crippen MR) is 234 cm³/mol. The molecular weight excluding hydrogens is 1000 g/mol. The van der Waals surface area contributed by atoms with E-state index in [2.05, 4.69) is 9.47 Å². The van der Waals surface area contributed by atoms with Crippen LogP contribution in [0.2, 0.25) is 0 Å². The van der Waals surface area contributed by atoms with Crippen LogP contribution in [0, 0.1) is 64.6 Å². The van der Waals surface area contributed by atoms with E-state index in [1.54, 1.807) is 27.7 Å². The first kappa shape index (κ1) is 61.0. The second-order valence-corrected chi connectivity index (χ2v) is 23.7. The average molecular weight is 1070 g/mol. The Hall–Kier alpha value is -4.54. The van der Waals surface area contributed by atoms with Crippen LogP contribution in [-0.2, 0) is 57.1 Å². The summed E-state index contributed by atoms with van der Waals surface area (Å²) in [7, 11) is 0. The van der Waals surface area contributed by atoms with Crippen LogP contribution < -0.4 is 0 Å². The normalized spacial score (nSPS) is 29.3. The quantitative estimate of drug-likeness (QED) is 0.0701. The van der Waals surface area contributed by atoms with Gasteiger partial charge in [-0.25, -0.2) is 9.59 Å². The highest BCUT2D eigenvalue weighted by molar-refractivity contribution is 6.00. The van der Waals surface area contributed by atoms with E-state index < -0.39 is 179 Å². The Morgan fingerprint density at radius 2 is 1.16 bits per heavy atom. The van der Waals surface area contributed by atoms with Gasteiger partial charge in [0.05, 0.1) is 23.2 Å². The molecule has 418 valence electrons. The number of carboxylic acid groups (broad SMARTS) is 1. The number of rotatable bonds is 15. The van der Waals surface area contributed by atoms with Gasteiger partial charge in [-0.15, -0.1) is 0 Å². The van der Waals surface area contributed by atoms with Gasteiger partial charge in [0.1, 0.15) is 22.9 Å². The molecule has 1 saturated heterocycles. The highest BCUT2D eigenvalue weighted by atomic mass is 19.4. The van der Waals surface area contributed by atoms with Crippen LogP contribution in [0.4, 0.5) is 49.1 Å². The van der Waals surface area contributed by atoms with Gasteiger partial charge in [0.25, 0.3) is 0 Å². The van der Waals surface area contributed by atoms with E-state index in [9.17, 15) is 38.7 Å². The molecule has 3 saturated carbocycles. The molecule has 0 spiro atoms. The third kappa shape index (κ3) is 13.3. The smallest absolute Gasteiger partial charge is 0.481 e. The first-order valence-electron chi connectivity index (χ1n) is 24.3. The molecule has 4 fully saturated rings. The number of esters is 4. The van der Waals surface area contributed by atoms with Crippen molar-refractivity contribution in [3.63, 3.8) is 0 Å². The summed E-state index contributed by atoms with van der Waals surface area (Å²) in [6.07, 6.45) is -30.4. The van der Waals surface area contributed by atoms with Gasteiger partial charge in [-0.05, 0) is 157 Å². The zero-order valence-corrected chi connectivity index (χ0v) is 43.3. The van der Waals surface area contributed by atoms with E-state index in [0.29, 0.717) is 6.42 Å². The summed E-state index contributed by atoms with van der Waals surface area (Å²) in [4.78, 5) is 93.8. The van der Waals surface area contributed by atoms with Crippen molar-refractivity contribution in [1.82, 2.24) is 0 Å². The summed E-state index contributed by atoms with van der Waals surface area (Å²) in [6, 6.07) is 0. The van der Waals surface area contributed by atoms with Crippen molar-refractivity contribution in [2.24, 2.45) is 64.6 Å². The fraction of sp³-hybridized carbons (Fsp3) is 0.857. The summed E-state index contributed by atoms with van der Waals surface area (Å²) in [6.45, 7) is 16.3. The molecule has 73 heavy (non-hydrogen) atoms. The molecule has 4 rings (SSSR count). The van der Waals surface area contributed by atoms with Crippen LogP contribution in [0.15, 0.2) is 0 Å². The molecule has 1 N–H and O–H groups in total. The molecule has 0 amide bonds. The zero-order valence-electron chi connectivity index (χ0n) is 43.3.